The van der Waals surface area contributed by atoms with Gasteiger partial charge in [0.15, 0.2) is 0 Å². The highest BCUT2D eigenvalue weighted by Crippen LogP contribution is 2.05. The summed E-state index contributed by atoms with van der Waals surface area (Å²) in [6, 6.07) is 7.29. The molecule has 0 heterocycles. The van der Waals surface area contributed by atoms with Crippen LogP contribution in [0.25, 0.3) is 0 Å². The fraction of sp³-hybridized carbons (Fsp3) is 0.400. The molecule has 1 amide bonds. The lowest BCUT2D eigenvalue weighted by Gasteiger charge is -2.19. The summed E-state index contributed by atoms with van der Waals surface area (Å²) in [6.45, 7) is 0. The van der Waals surface area contributed by atoms with Gasteiger partial charge >= 0.3 is 11.9 Å². The number of nitrogens with one attached hydrogen (secondary N) is 1. The van der Waals surface area contributed by atoms with Crippen molar-refractivity contribution in [1.29, 1.82) is 0 Å². The molecule has 0 unspecified atom stereocenters. The van der Waals surface area contributed by atoms with Crippen LogP contribution in [0.4, 0.5) is 0 Å². The van der Waals surface area contributed by atoms with E-state index in [1.54, 1.807) is 0 Å². The minimum absolute atomic E-state index is 0.000393. The molecule has 2 atom stereocenters. The molecule has 22 heavy (non-hydrogen) atoms. The summed E-state index contributed by atoms with van der Waals surface area (Å²) >= 11 is 0. The molecule has 0 aliphatic heterocycles. The molecule has 1 aromatic rings. The Labute approximate surface area is 128 Å². The zero-order valence-electron chi connectivity index (χ0n) is 12.3. The lowest BCUT2D eigenvalue weighted by molar-refractivity contribution is -0.145. The molecule has 0 radical (unpaired) electrons. The SMILES string of the molecule is COC(=O)[C@H](Cc1ccccc1)NC(=O)[C@@H](N)CCC(=O)O. The van der Waals surface area contributed by atoms with E-state index in [9.17, 15) is 14.4 Å². The highest BCUT2D eigenvalue weighted by Gasteiger charge is 2.24. The standard InChI is InChI=1S/C15H20N2O5/c1-22-15(21)12(9-10-5-3-2-4-6-10)17-14(20)11(16)7-8-13(18)19/h2-6,11-12H,7-9,16H2,1H3,(H,17,20)(H,18,19)/t11-,12-/m0/s1. The quantitative estimate of drug-likeness (QED) is 0.585. The third kappa shape index (κ3) is 5.92. The van der Waals surface area contributed by atoms with Crippen LogP contribution in [-0.4, -0.2) is 42.1 Å². The molecule has 7 heteroatoms. The van der Waals surface area contributed by atoms with Gasteiger partial charge in [-0.1, -0.05) is 30.3 Å². The Morgan fingerprint density at radius 1 is 1.27 bits per heavy atom. The number of hydrogen-bond acceptors (Lipinski definition) is 5. The van der Waals surface area contributed by atoms with E-state index in [0.717, 1.165) is 5.56 Å². The lowest BCUT2D eigenvalue weighted by Crippen LogP contribution is -2.49. The van der Waals surface area contributed by atoms with Crippen LogP contribution in [0.2, 0.25) is 0 Å². The van der Waals surface area contributed by atoms with E-state index in [4.69, 9.17) is 10.8 Å². The number of carbonyl (C=O) groups is 3. The molecule has 0 aliphatic rings. The summed E-state index contributed by atoms with van der Waals surface area (Å²) in [5.41, 5.74) is 6.48. The van der Waals surface area contributed by atoms with Crippen LogP contribution in [0.1, 0.15) is 18.4 Å². The normalized spacial score (nSPS) is 13.0. The predicted molar refractivity (Wildman–Crippen MR) is 78.9 cm³/mol. The molecule has 0 spiro atoms. The number of benzene rings is 1. The van der Waals surface area contributed by atoms with Crippen molar-refractivity contribution in [2.45, 2.75) is 31.3 Å². The van der Waals surface area contributed by atoms with Crippen molar-refractivity contribution in [3.63, 3.8) is 0 Å². The summed E-state index contributed by atoms with van der Waals surface area (Å²) in [4.78, 5) is 34.2. The van der Waals surface area contributed by atoms with Crippen LogP contribution in [0.3, 0.4) is 0 Å². The Morgan fingerprint density at radius 2 is 1.91 bits per heavy atom. The van der Waals surface area contributed by atoms with Crippen molar-refractivity contribution >= 4 is 17.8 Å². The van der Waals surface area contributed by atoms with E-state index >= 15 is 0 Å². The summed E-state index contributed by atoms with van der Waals surface area (Å²) < 4.78 is 4.67. The Kier molecular flexibility index (Phi) is 7.04. The number of ether oxygens (including phenoxy) is 1. The van der Waals surface area contributed by atoms with Gasteiger partial charge in [0, 0.05) is 12.8 Å². The number of nitrogens with two attached hydrogens (primary N) is 1. The maximum Gasteiger partial charge on any atom is 0.328 e. The van der Waals surface area contributed by atoms with E-state index in [2.05, 4.69) is 10.1 Å². The van der Waals surface area contributed by atoms with E-state index in [1.165, 1.54) is 7.11 Å². The van der Waals surface area contributed by atoms with Gasteiger partial charge in [0.1, 0.15) is 6.04 Å². The van der Waals surface area contributed by atoms with E-state index in [-0.39, 0.29) is 19.3 Å². The summed E-state index contributed by atoms with van der Waals surface area (Å²) in [5.74, 6) is -2.19. The molecule has 7 nitrogen and oxygen atoms in total. The third-order valence-electron chi connectivity index (χ3n) is 3.09. The number of carboxylic acid groups (broad SMARTS) is 1. The van der Waals surface area contributed by atoms with Gasteiger partial charge in [-0.2, -0.15) is 0 Å². The molecule has 4 N–H and O–H groups in total. The van der Waals surface area contributed by atoms with Crippen molar-refractivity contribution in [3.8, 4) is 0 Å². The van der Waals surface area contributed by atoms with Crippen LogP contribution >= 0.6 is 0 Å². The van der Waals surface area contributed by atoms with Gasteiger partial charge in [-0.05, 0) is 12.0 Å². The maximum absolute atomic E-state index is 11.9. The molecular formula is C15H20N2O5. The summed E-state index contributed by atoms with van der Waals surface area (Å²) in [7, 11) is 1.23. The van der Waals surface area contributed by atoms with Gasteiger partial charge in [-0.15, -0.1) is 0 Å². The van der Waals surface area contributed by atoms with Gasteiger partial charge in [0.25, 0.3) is 0 Å². The Bertz CT molecular complexity index is 518. The molecule has 0 bridgehead atoms. The molecule has 0 saturated heterocycles. The van der Waals surface area contributed by atoms with Crippen molar-refractivity contribution in [2.24, 2.45) is 5.73 Å². The topological polar surface area (TPSA) is 119 Å². The van der Waals surface area contributed by atoms with Gasteiger partial charge in [-0.25, -0.2) is 4.79 Å². The van der Waals surface area contributed by atoms with Crippen LogP contribution in [0.15, 0.2) is 30.3 Å². The highest BCUT2D eigenvalue weighted by molar-refractivity contribution is 5.87. The van der Waals surface area contributed by atoms with Gasteiger partial charge < -0.3 is 20.9 Å². The zero-order chi connectivity index (χ0) is 16.5. The Balaban J connectivity index is 2.66. The van der Waals surface area contributed by atoms with Crippen molar-refractivity contribution in [2.75, 3.05) is 7.11 Å². The summed E-state index contributed by atoms with van der Waals surface area (Å²) in [5, 5.41) is 11.1. The molecule has 0 saturated carbocycles. The zero-order valence-corrected chi connectivity index (χ0v) is 12.3. The summed E-state index contributed by atoms with van der Waals surface area (Å²) in [6.07, 6.45) is 0.0570. The molecule has 0 fully saturated rings. The monoisotopic (exact) mass is 308 g/mol. The first-order valence-electron chi connectivity index (χ1n) is 6.83. The first kappa shape index (κ1) is 17.6. The van der Waals surface area contributed by atoms with E-state index < -0.39 is 29.9 Å². The molecule has 120 valence electrons. The van der Waals surface area contributed by atoms with Gasteiger partial charge in [0.2, 0.25) is 5.91 Å². The number of esters is 1. The minimum Gasteiger partial charge on any atom is -0.481 e. The lowest BCUT2D eigenvalue weighted by atomic mass is 10.0. The van der Waals surface area contributed by atoms with Crippen molar-refractivity contribution in [3.05, 3.63) is 35.9 Å². The van der Waals surface area contributed by atoms with Crippen molar-refractivity contribution in [1.82, 2.24) is 5.32 Å². The number of carboxylic acids is 1. The highest BCUT2D eigenvalue weighted by atomic mass is 16.5. The number of rotatable bonds is 8. The second-order valence-corrected chi connectivity index (χ2v) is 4.81. The van der Waals surface area contributed by atoms with Crippen molar-refractivity contribution < 1.29 is 24.2 Å². The molecule has 0 aromatic heterocycles. The molecular weight excluding hydrogens is 288 g/mol. The van der Waals surface area contributed by atoms with Gasteiger partial charge in [-0.3, -0.25) is 9.59 Å². The van der Waals surface area contributed by atoms with Crippen LogP contribution < -0.4 is 11.1 Å². The fourth-order valence-electron chi connectivity index (χ4n) is 1.87. The first-order valence-corrected chi connectivity index (χ1v) is 6.83. The second kappa shape index (κ2) is 8.78. The molecule has 1 rings (SSSR count). The Hall–Kier alpha value is -2.41. The largest absolute Gasteiger partial charge is 0.481 e. The fourth-order valence-corrected chi connectivity index (χ4v) is 1.87. The smallest absolute Gasteiger partial charge is 0.328 e. The van der Waals surface area contributed by atoms with Crippen LogP contribution in [0, 0.1) is 0 Å². The first-order chi connectivity index (χ1) is 10.4. The average Bonchev–Trinajstić information content (AvgIpc) is 2.51. The van der Waals surface area contributed by atoms with Crippen LogP contribution in [0.5, 0.6) is 0 Å². The average molecular weight is 308 g/mol. The van der Waals surface area contributed by atoms with E-state index in [1.807, 2.05) is 30.3 Å². The molecule has 1 aromatic carbocycles. The predicted octanol–water partition coefficient (Wildman–Crippen LogP) is 0.0790. The number of amides is 1. The number of carbonyl (C=O) groups excluding carboxylic acids is 2. The Morgan fingerprint density at radius 3 is 2.45 bits per heavy atom. The second-order valence-electron chi connectivity index (χ2n) is 4.81. The number of hydrogen-bond donors (Lipinski definition) is 3. The number of methoxy groups -OCH3 is 1. The van der Waals surface area contributed by atoms with E-state index in [0.29, 0.717) is 0 Å². The molecule has 0 aliphatic carbocycles. The number of aliphatic carboxylic acids is 1. The van der Waals surface area contributed by atoms with Crippen LogP contribution in [-0.2, 0) is 25.5 Å². The third-order valence-corrected chi connectivity index (χ3v) is 3.09. The van der Waals surface area contributed by atoms with Gasteiger partial charge in [0.05, 0.1) is 13.2 Å². The minimum atomic E-state index is -1.03. The maximum atomic E-state index is 11.9.